The highest BCUT2D eigenvalue weighted by atomic mass is 35.5. The fourth-order valence-electron chi connectivity index (χ4n) is 4.93. The molecule has 0 heterocycles. The summed E-state index contributed by atoms with van der Waals surface area (Å²) in [6, 6.07) is 26.7. The number of anilines is 1. The number of carbonyl (C=O) groups is 2. The molecule has 0 fully saturated rings. The summed E-state index contributed by atoms with van der Waals surface area (Å²) in [6.45, 7) is 6.94. The molecular formula is C35H37Cl2N3O4S. The molecule has 10 heteroatoms. The zero-order chi connectivity index (χ0) is 32.7. The van der Waals surface area contributed by atoms with Crippen molar-refractivity contribution in [3.63, 3.8) is 0 Å². The van der Waals surface area contributed by atoms with Crippen LogP contribution in [-0.2, 0) is 32.6 Å². The van der Waals surface area contributed by atoms with Crippen molar-refractivity contribution in [1.82, 2.24) is 10.2 Å². The Labute approximate surface area is 275 Å². The molecule has 0 aliphatic rings. The van der Waals surface area contributed by atoms with Gasteiger partial charge in [-0.1, -0.05) is 95.5 Å². The number of rotatable bonds is 12. The number of sulfonamides is 1. The second-order valence-electron chi connectivity index (χ2n) is 11.2. The number of amides is 2. The number of aryl methyl sites for hydroxylation is 2. The predicted molar refractivity (Wildman–Crippen MR) is 181 cm³/mol. The van der Waals surface area contributed by atoms with Crippen LogP contribution in [0.2, 0.25) is 10.0 Å². The first kappa shape index (κ1) is 34.0. The average molecular weight is 667 g/mol. The van der Waals surface area contributed by atoms with Gasteiger partial charge in [0, 0.05) is 24.0 Å². The van der Waals surface area contributed by atoms with Gasteiger partial charge in [0.2, 0.25) is 11.8 Å². The molecule has 0 saturated carbocycles. The number of nitrogens with one attached hydrogen (secondary N) is 1. The van der Waals surface area contributed by atoms with Crippen molar-refractivity contribution in [1.29, 1.82) is 0 Å². The van der Waals surface area contributed by atoms with Crippen LogP contribution in [0, 0.1) is 13.8 Å². The van der Waals surface area contributed by atoms with Crippen LogP contribution in [0.15, 0.2) is 102 Å². The smallest absolute Gasteiger partial charge is 0.264 e. The van der Waals surface area contributed by atoms with E-state index in [0.717, 1.165) is 26.6 Å². The van der Waals surface area contributed by atoms with E-state index in [0.29, 0.717) is 0 Å². The van der Waals surface area contributed by atoms with Crippen LogP contribution < -0.4 is 9.62 Å². The van der Waals surface area contributed by atoms with Gasteiger partial charge in [0.25, 0.3) is 10.0 Å². The monoisotopic (exact) mass is 665 g/mol. The van der Waals surface area contributed by atoms with Crippen molar-refractivity contribution in [2.24, 2.45) is 0 Å². The normalized spacial score (nSPS) is 12.1. The molecule has 1 N–H and O–H groups in total. The van der Waals surface area contributed by atoms with Gasteiger partial charge in [-0.15, -0.1) is 0 Å². The summed E-state index contributed by atoms with van der Waals surface area (Å²) in [7, 11) is -4.30. The first-order valence-electron chi connectivity index (χ1n) is 14.6. The highest BCUT2D eigenvalue weighted by Crippen LogP contribution is 2.33. The average Bonchev–Trinajstić information content (AvgIpc) is 3.00. The minimum atomic E-state index is -4.30. The number of nitrogens with zero attached hydrogens (tertiary/aromatic N) is 2. The summed E-state index contributed by atoms with van der Waals surface area (Å²) in [5, 5.41) is 3.31. The van der Waals surface area contributed by atoms with Crippen LogP contribution in [0.25, 0.3) is 0 Å². The van der Waals surface area contributed by atoms with E-state index in [4.69, 9.17) is 23.2 Å². The Bertz CT molecular complexity index is 1750. The molecule has 4 aromatic carbocycles. The topological polar surface area (TPSA) is 86.8 Å². The van der Waals surface area contributed by atoms with Crippen molar-refractivity contribution in [2.45, 2.75) is 57.6 Å². The van der Waals surface area contributed by atoms with Crippen molar-refractivity contribution >= 4 is 50.7 Å². The maximum absolute atomic E-state index is 14.6. The molecule has 0 aromatic heterocycles. The molecular weight excluding hydrogens is 629 g/mol. The Morgan fingerprint density at radius 3 is 2.13 bits per heavy atom. The molecule has 4 rings (SSSR count). The van der Waals surface area contributed by atoms with E-state index < -0.39 is 28.5 Å². The Morgan fingerprint density at radius 1 is 0.844 bits per heavy atom. The number of hydrogen-bond donors (Lipinski definition) is 1. The van der Waals surface area contributed by atoms with E-state index in [2.05, 4.69) is 5.32 Å². The first-order valence-corrected chi connectivity index (χ1v) is 16.8. The molecule has 0 aliphatic carbocycles. The number of benzene rings is 4. The summed E-state index contributed by atoms with van der Waals surface area (Å²) >= 11 is 12.9. The van der Waals surface area contributed by atoms with Gasteiger partial charge in [0.15, 0.2) is 0 Å². The van der Waals surface area contributed by atoms with Gasteiger partial charge in [-0.25, -0.2) is 8.42 Å². The molecule has 7 nitrogen and oxygen atoms in total. The Morgan fingerprint density at radius 2 is 1.49 bits per heavy atom. The molecule has 0 aliphatic heterocycles. The van der Waals surface area contributed by atoms with Crippen LogP contribution in [0.3, 0.4) is 0 Å². The SMILES string of the molecule is Cc1ccc(S(=O)(=O)N(CC(=O)N(Cc2ccccc2C)[C@@H](Cc2ccccc2)C(=O)NC(C)C)c2cc(Cl)ccc2Cl)cc1. The molecule has 236 valence electrons. The van der Waals surface area contributed by atoms with Gasteiger partial charge in [0.1, 0.15) is 12.6 Å². The highest BCUT2D eigenvalue weighted by Gasteiger charge is 2.35. The minimum Gasteiger partial charge on any atom is -0.352 e. The van der Waals surface area contributed by atoms with E-state index in [-0.39, 0.29) is 45.5 Å². The van der Waals surface area contributed by atoms with Gasteiger partial charge < -0.3 is 10.2 Å². The lowest BCUT2D eigenvalue weighted by Gasteiger charge is -2.34. The quantitative estimate of drug-likeness (QED) is 0.177. The Hall–Kier alpha value is -3.85. The Kier molecular flexibility index (Phi) is 11.3. The summed E-state index contributed by atoms with van der Waals surface area (Å²) in [6.07, 6.45) is 0.222. The molecule has 0 saturated heterocycles. The van der Waals surface area contributed by atoms with Crippen LogP contribution in [0.1, 0.15) is 36.1 Å². The zero-order valence-electron chi connectivity index (χ0n) is 25.7. The molecule has 4 aromatic rings. The lowest BCUT2D eigenvalue weighted by atomic mass is 10.0. The number of carbonyl (C=O) groups excluding carboxylic acids is 2. The first-order chi connectivity index (χ1) is 21.4. The van der Waals surface area contributed by atoms with E-state index in [9.17, 15) is 18.0 Å². The van der Waals surface area contributed by atoms with Crippen molar-refractivity contribution in [3.8, 4) is 0 Å². The maximum Gasteiger partial charge on any atom is 0.264 e. The second-order valence-corrected chi connectivity index (χ2v) is 13.9. The molecule has 0 bridgehead atoms. The molecule has 2 amide bonds. The largest absolute Gasteiger partial charge is 0.352 e. The summed E-state index contributed by atoms with van der Waals surface area (Å²) in [5.41, 5.74) is 3.54. The fourth-order valence-corrected chi connectivity index (χ4v) is 6.79. The third kappa shape index (κ3) is 8.66. The lowest BCUT2D eigenvalue weighted by Crippen LogP contribution is -2.54. The molecule has 1 atom stereocenters. The van der Waals surface area contributed by atoms with Crippen LogP contribution in [0.5, 0.6) is 0 Å². The highest BCUT2D eigenvalue weighted by molar-refractivity contribution is 7.92. The van der Waals surface area contributed by atoms with Crippen molar-refractivity contribution < 1.29 is 18.0 Å². The Balaban J connectivity index is 1.84. The zero-order valence-corrected chi connectivity index (χ0v) is 28.0. The molecule has 45 heavy (non-hydrogen) atoms. The van der Waals surface area contributed by atoms with E-state index in [1.54, 1.807) is 18.2 Å². The minimum absolute atomic E-state index is 0.0132. The lowest BCUT2D eigenvalue weighted by molar-refractivity contribution is -0.140. The van der Waals surface area contributed by atoms with E-state index in [1.807, 2.05) is 82.3 Å². The number of halogens is 2. The summed E-state index contributed by atoms with van der Waals surface area (Å²) in [5.74, 6) is -0.922. The molecule has 0 spiro atoms. The van der Waals surface area contributed by atoms with Gasteiger partial charge in [0.05, 0.1) is 15.6 Å². The van der Waals surface area contributed by atoms with E-state index in [1.165, 1.54) is 29.2 Å². The van der Waals surface area contributed by atoms with Crippen LogP contribution >= 0.6 is 23.2 Å². The predicted octanol–water partition coefficient (Wildman–Crippen LogP) is 6.97. The molecule has 0 radical (unpaired) electrons. The van der Waals surface area contributed by atoms with Gasteiger partial charge in [-0.05, 0) is 74.7 Å². The fraction of sp³-hybridized carbons (Fsp3) is 0.257. The van der Waals surface area contributed by atoms with Crippen LogP contribution in [-0.4, -0.2) is 43.8 Å². The second kappa shape index (κ2) is 15.0. The molecule has 0 unspecified atom stereocenters. The van der Waals surface area contributed by atoms with Gasteiger partial charge >= 0.3 is 0 Å². The van der Waals surface area contributed by atoms with Crippen LogP contribution in [0.4, 0.5) is 5.69 Å². The number of hydrogen-bond acceptors (Lipinski definition) is 4. The third-order valence-electron chi connectivity index (χ3n) is 7.37. The van der Waals surface area contributed by atoms with Gasteiger partial charge in [-0.3, -0.25) is 13.9 Å². The standard InChI is InChI=1S/C35H37Cl2N3O4S/c1-24(2)38-35(42)33(20-27-11-6-5-7-12-27)39(22-28-13-9-8-10-26(28)4)34(41)23-40(32-21-29(36)16-19-31(32)37)45(43,44)30-17-14-25(3)15-18-30/h5-19,21,24,33H,20,22-23H2,1-4H3,(H,38,42)/t33-/m0/s1. The van der Waals surface area contributed by atoms with Gasteiger partial charge in [-0.2, -0.15) is 0 Å². The third-order valence-corrected chi connectivity index (χ3v) is 9.70. The van der Waals surface area contributed by atoms with Crippen molar-refractivity contribution in [2.75, 3.05) is 10.8 Å². The summed E-state index contributed by atoms with van der Waals surface area (Å²) in [4.78, 5) is 29.8. The van der Waals surface area contributed by atoms with E-state index >= 15 is 0 Å². The summed E-state index contributed by atoms with van der Waals surface area (Å²) < 4.78 is 29.4. The maximum atomic E-state index is 14.6. The van der Waals surface area contributed by atoms with Crippen molar-refractivity contribution in [3.05, 3.63) is 129 Å².